The van der Waals surface area contributed by atoms with E-state index in [0.29, 0.717) is 5.56 Å². The van der Waals surface area contributed by atoms with Crippen molar-refractivity contribution in [3.05, 3.63) is 54.4 Å². The van der Waals surface area contributed by atoms with Gasteiger partial charge in [0.15, 0.2) is 0 Å². The number of benzene rings is 1. The van der Waals surface area contributed by atoms with Crippen LogP contribution in [0.5, 0.6) is 0 Å². The van der Waals surface area contributed by atoms with Gasteiger partial charge in [0.05, 0.1) is 6.10 Å². The number of nitrogens with one attached hydrogen (secondary N) is 1. The van der Waals surface area contributed by atoms with Gasteiger partial charge in [0.2, 0.25) is 10.0 Å². The third kappa shape index (κ3) is 4.28. The number of hydrogen-bond donors (Lipinski definition) is 2. The third-order valence-corrected chi connectivity index (χ3v) is 5.06. The highest BCUT2D eigenvalue weighted by atomic mass is 32.2. The van der Waals surface area contributed by atoms with Gasteiger partial charge in [0.25, 0.3) is 0 Å². The highest BCUT2D eigenvalue weighted by Gasteiger charge is 2.16. The second-order valence-electron chi connectivity index (χ2n) is 4.33. The molecule has 0 radical (unpaired) electrons. The Morgan fingerprint density at radius 3 is 2.57 bits per heavy atom. The van der Waals surface area contributed by atoms with Gasteiger partial charge in [-0.3, -0.25) is 4.98 Å². The lowest BCUT2D eigenvalue weighted by molar-refractivity contribution is 0.182. The summed E-state index contributed by atoms with van der Waals surface area (Å²) in [6, 6.07) is 10.3. The molecule has 0 unspecified atom stereocenters. The number of rotatable bonds is 6. The zero-order valence-electron chi connectivity index (χ0n) is 11.4. The largest absolute Gasteiger partial charge is 0.387 e. The average molecular weight is 324 g/mol. The Morgan fingerprint density at radius 1 is 1.29 bits per heavy atom. The summed E-state index contributed by atoms with van der Waals surface area (Å²) in [5.41, 5.74) is 0.668. The van der Waals surface area contributed by atoms with Crippen molar-refractivity contribution in [3.63, 3.8) is 0 Å². The van der Waals surface area contributed by atoms with Gasteiger partial charge < -0.3 is 5.11 Å². The van der Waals surface area contributed by atoms with Crippen molar-refractivity contribution in [2.24, 2.45) is 0 Å². The van der Waals surface area contributed by atoms with Crippen LogP contribution in [-0.2, 0) is 10.0 Å². The summed E-state index contributed by atoms with van der Waals surface area (Å²) >= 11 is 1.60. The Labute approximate surface area is 128 Å². The van der Waals surface area contributed by atoms with E-state index >= 15 is 0 Å². The van der Waals surface area contributed by atoms with Crippen LogP contribution in [0.1, 0.15) is 11.7 Å². The third-order valence-electron chi connectivity index (χ3n) is 2.91. The first-order valence-corrected chi connectivity index (χ1v) is 8.95. The number of sulfonamides is 1. The molecule has 5 nitrogen and oxygen atoms in total. The van der Waals surface area contributed by atoms with E-state index < -0.39 is 16.1 Å². The molecule has 0 aliphatic heterocycles. The van der Waals surface area contributed by atoms with Crippen LogP contribution in [0, 0.1) is 0 Å². The molecule has 2 rings (SSSR count). The molecule has 0 fully saturated rings. The maximum absolute atomic E-state index is 12.0. The van der Waals surface area contributed by atoms with Crippen LogP contribution in [0.15, 0.2) is 58.6 Å². The van der Waals surface area contributed by atoms with Gasteiger partial charge in [-0.2, -0.15) is 0 Å². The fraction of sp³-hybridized carbons (Fsp3) is 0.214. The topological polar surface area (TPSA) is 79.3 Å². The molecular weight excluding hydrogens is 308 g/mol. The van der Waals surface area contributed by atoms with Gasteiger partial charge in [0, 0.05) is 23.8 Å². The molecule has 0 amide bonds. The average Bonchev–Trinajstić information content (AvgIpc) is 2.53. The summed E-state index contributed by atoms with van der Waals surface area (Å²) in [7, 11) is -3.65. The Bertz CT molecular complexity index is 673. The highest BCUT2D eigenvalue weighted by Crippen LogP contribution is 2.19. The second-order valence-corrected chi connectivity index (χ2v) is 6.98. The normalized spacial score (nSPS) is 13.0. The minimum atomic E-state index is -3.65. The fourth-order valence-corrected chi connectivity index (χ4v) is 3.13. The molecule has 0 spiro atoms. The van der Waals surface area contributed by atoms with Crippen molar-refractivity contribution in [3.8, 4) is 0 Å². The molecule has 2 aromatic rings. The summed E-state index contributed by atoms with van der Waals surface area (Å²) in [6.07, 6.45) is 3.84. The van der Waals surface area contributed by atoms with Crippen molar-refractivity contribution >= 4 is 21.8 Å². The van der Waals surface area contributed by atoms with E-state index in [2.05, 4.69) is 9.71 Å². The molecule has 0 aliphatic carbocycles. The van der Waals surface area contributed by atoms with Crippen LogP contribution >= 0.6 is 11.8 Å². The number of nitrogens with zero attached hydrogens (tertiary/aromatic N) is 1. The molecule has 7 heteroatoms. The second kappa shape index (κ2) is 7.04. The van der Waals surface area contributed by atoms with Crippen LogP contribution in [0.3, 0.4) is 0 Å². The predicted molar refractivity (Wildman–Crippen MR) is 82.6 cm³/mol. The molecule has 0 saturated heterocycles. The number of aliphatic hydroxyl groups is 1. The number of hydrogen-bond acceptors (Lipinski definition) is 5. The minimum Gasteiger partial charge on any atom is -0.387 e. The van der Waals surface area contributed by atoms with Crippen molar-refractivity contribution in [2.45, 2.75) is 15.9 Å². The summed E-state index contributed by atoms with van der Waals surface area (Å²) < 4.78 is 26.4. The van der Waals surface area contributed by atoms with Crippen molar-refractivity contribution in [2.75, 3.05) is 12.8 Å². The van der Waals surface area contributed by atoms with Gasteiger partial charge >= 0.3 is 0 Å². The molecule has 1 aromatic heterocycles. The lowest BCUT2D eigenvalue weighted by Crippen LogP contribution is -2.28. The van der Waals surface area contributed by atoms with E-state index in [1.54, 1.807) is 30.0 Å². The monoisotopic (exact) mass is 324 g/mol. The Kier molecular flexibility index (Phi) is 5.35. The Hall–Kier alpha value is -1.41. The summed E-state index contributed by atoms with van der Waals surface area (Å²) in [5, 5.41) is 10.0. The summed E-state index contributed by atoms with van der Waals surface area (Å²) in [6.45, 7) is -0.0875. The Balaban J connectivity index is 2.01. The summed E-state index contributed by atoms with van der Waals surface area (Å²) in [5.74, 6) is 0. The van der Waals surface area contributed by atoms with Gasteiger partial charge in [-0.05, 0) is 36.1 Å². The molecular formula is C14H16N2O3S2. The fourth-order valence-electron chi connectivity index (χ4n) is 1.72. The van der Waals surface area contributed by atoms with Crippen molar-refractivity contribution < 1.29 is 13.5 Å². The SMILES string of the molecule is CSc1ccc([C@@H](O)CNS(=O)(=O)c2cccnc2)cc1. The van der Waals surface area contributed by atoms with Crippen LogP contribution in [0.4, 0.5) is 0 Å². The zero-order valence-corrected chi connectivity index (χ0v) is 13.1. The van der Waals surface area contributed by atoms with Gasteiger partial charge in [-0.25, -0.2) is 13.1 Å². The van der Waals surface area contributed by atoms with E-state index in [1.807, 2.05) is 18.4 Å². The number of aliphatic hydroxyl groups excluding tert-OH is 1. The molecule has 1 atom stereocenters. The quantitative estimate of drug-likeness (QED) is 0.792. The van der Waals surface area contributed by atoms with E-state index in [-0.39, 0.29) is 11.4 Å². The van der Waals surface area contributed by atoms with Gasteiger partial charge in [-0.15, -0.1) is 11.8 Å². The van der Waals surface area contributed by atoms with E-state index in [4.69, 9.17) is 0 Å². The maximum Gasteiger partial charge on any atom is 0.242 e. The van der Waals surface area contributed by atoms with E-state index in [0.717, 1.165) is 4.90 Å². The lowest BCUT2D eigenvalue weighted by atomic mass is 10.1. The zero-order chi connectivity index (χ0) is 15.3. The smallest absolute Gasteiger partial charge is 0.242 e. The molecule has 1 aromatic carbocycles. The molecule has 0 aliphatic rings. The molecule has 112 valence electrons. The number of aromatic nitrogens is 1. The molecule has 0 saturated carbocycles. The molecule has 0 bridgehead atoms. The maximum atomic E-state index is 12.0. The molecule has 2 N–H and O–H groups in total. The number of pyridine rings is 1. The predicted octanol–water partition coefficient (Wildman–Crippen LogP) is 1.82. The van der Waals surface area contributed by atoms with Crippen LogP contribution in [0.25, 0.3) is 0 Å². The first-order chi connectivity index (χ1) is 10.0. The van der Waals surface area contributed by atoms with Crippen LogP contribution < -0.4 is 4.72 Å². The number of thioether (sulfide) groups is 1. The lowest BCUT2D eigenvalue weighted by Gasteiger charge is -2.13. The first kappa shape index (κ1) is 16.0. The summed E-state index contributed by atoms with van der Waals surface area (Å²) in [4.78, 5) is 4.94. The van der Waals surface area contributed by atoms with Crippen molar-refractivity contribution in [1.82, 2.24) is 9.71 Å². The van der Waals surface area contributed by atoms with E-state index in [9.17, 15) is 13.5 Å². The molecule has 1 heterocycles. The van der Waals surface area contributed by atoms with Crippen LogP contribution in [-0.4, -0.2) is 31.3 Å². The molecule has 21 heavy (non-hydrogen) atoms. The van der Waals surface area contributed by atoms with Gasteiger partial charge in [-0.1, -0.05) is 12.1 Å². The Morgan fingerprint density at radius 2 is 2.00 bits per heavy atom. The van der Waals surface area contributed by atoms with Crippen LogP contribution in [0.2, 0.25) is 0 Å². The minimum absolute atomic E-state index is 0.0786. The van der Waals surface area contributed by atoms with Crippen molar-refractivity contribution in [1.29, 1.82) is 0 Å². The first-order valence-electron chi connectivity index (χ1n) is 6.24. The standard InChI is InChI=1S/C14H16N2O3S2/c1-20-12-6-4-11(5-7-12)14(17)10-16-21(18,19)13-3-2-8-15-9-13/h2-9,14,16-17H,10H2,1H3/t14-/m0/s1. The van der Waals surface area contributed by atoms with Gasteiger partial charge in [0.1, 0.15) is 4.90 Å². The highest BCUT2D eigenvalue weighted by molar-refractivity contribution is 7.98. The van der Waals surface area contributed by atoms with E-state index in [1.165, 1.54) is 18.5 Å².